The fraction of sp³-hybridized carbons (Fsp3) is 0.381. The topological polar surface area (TPSA) is 80.4 Å². The lowest BCUT2D eigenvalue weighted by Crippen LogP contribution is -2.44. The van der Waals surface area contributed by atoms with Crippen LogP contribution in [0.25, 0.3) is 10.8 Å². The van der Waals surface area contributed by atoms with Crippen molar-refractivity contribution in [1.29, 1.82) is 0 Å². The van der Waals surface area contributed by atoms with Crippen molar-refractivity contribution in [2.45, 2.75) is 38.4 Å². The van der Waals surface area contributed by atoms with Gasteiger partial charge in [0, 0.05) is 32.1 Å². The zero-order valence-corrected chi connectivity index (χ0v) is 16.9. The van der Waals surface area contributed by atoms with Crippen LogP contribution in [-0.2, 0) is 17.9 Å². The molecule has 0 saturated carbocycles. The molecule has 1 N–H and O–H groups in total. The normalized spacial score (nSPS) is 15.4. The summed E-state index contributed by atoms with van der Waals surface area (Å²) in [6.07, 6.45) is 2.08. The third kappa shape index (κ3) is 5.21. The number of carbonyl (C=O) groups is 1. The molecule has 0 radical (unpaired) electrons. The molecule has 2 aromatic heterocycles. The van der Waals surface area contributed by atoms with Crippen LogP contribution in [0.3, 0.4) is 0 Å². The number of benzene rings is 1. The van der Waals surface area contributed by atoms with E-state index in [0.717, 1.165) is 37.4 Å². The molecule has 1 fully saturated rings. The molecule has 1 aliphatic heterocycles. The summed E-state index contributed by atoms with van der Waals surface area (Å²) in [6.45, 7) is 3.09. The number of hydrogen-bond donors (Lipinski definition) is 1. The molecule has 0 bridgehead atoms. The van der Waals surface area contributed by atoms with E-state index < -0.39 is 5.76 Å². The Kier molecular flexibility index (Phi) is 6.21. The summed E-state index contributed by atoms with van der Waals surface area (Å²) in [7, 11) is 0. The molecule has 0 aliphatic carbocycles. The van der Waals surface area contributed by atoms with E-state index in [9.17, 15) is 9.59 Å². The third-order valence-corrected chi connectivity index (χ3v) is 5.95. The number of piperidine rings is 1. The van der Waals surface area contributed by atoms with E-state index in [-0.39, 0.29) is 24.9 Å². The van der Waals surface area contributed by atoms with Gasteiger partial charge in [0.25, 0.3) is 5.89 Å². The van der Waals surface area contributed by atoms with E-state index in [2.05, 4.69) is 39.6 Å². The zero-order valence-electron chi connectivity index (χ0n) is 16.1. The van der Waals surface area contributed by atoms with Gasteiger partial charge in [-0.15, -0.1) is 16.4 Å². The molecule has 1 aromatic carbocycles. The Labute approximate surface area is 173 Å². The molecule has 0 atom stereocenters. The number of hydrogen-bond acceptors (Lipinski definition) is 6. The molecule has 3 heterocycles. The van der Waals surface area contributed by atoms with Crippen LogP contribution < -0.4 is 11.1 Å². The van der Waals surface area contributed by atoms with Gasteiger partial charge in [-0.05, 0) is 29.9 Å². The van der Waals surface area contributed by atoms with Crippen molar-refractivity contribution in [3.63, 3.8) is 0 Å². The maximum absolute atomic E-state index is 12.3. The molecule has 1 amide bonds. The third-order valence-electron chi connectivity index (χ3n) is 5.09. The lowest BCUT2D eigenvalue weighted by atomic mass is 10.0. The minimum atomic E-state index is -0.532. The van der Waals surface area contributed by atoms with Crippen molar-refractivity contribution in [1.82, 2.24) is 20.0 Å². The smallest absolute Gasteiger partial charge is 0.387 e. The summed E-state index contributed by atoms with van der Waals surface area (Å²) in [5.74, 6) is -0.286. The maximum Gasteiger partial charge on any atom is 0.437 e. The molecule has 0 unspecified atom stereocenters. The van der Waals surface area contributed by atoms with Gasteiger partial charge in [-0.3, -0.25) is 9.69 Å². The van der Waals surface area contributed by atoms with E-state index in [1.807, 2.05) is 23.6 Å². The molecule has 0 spiro atoms. The molecular formula is C21H24N4O3S. The van der Waals surface area contributed by atoms with Crippen LogP contribution in [0.4, 0.5) is 0 Å². The van der Waals surface area contributed by atoms with Crippen molar-refractivity contribution in [2.24, 2.45) is 0 Å². The minimum Gasteiger partial charge on any atom is -0.387 e. The Hall–Kier alpha value is -2.71. The Morgan fingerprint density at radius 3 is 2.69 bits per heavy atom. The summed E-state index contributed by atoms with van der Waals surface area (Å²) in [5, 5.41) is 9.17. The fourth-order valence-electron chi connectivity index (χ4n) is 3.53. The second kappa shape index (κ2) is 9.19. The summed E-state index contributed by atoms with van der Waals surface area (Å²) in [6, 6.07) is 14.3. The number of nitrogens with one attached hydrogen (secondary N) is 1. The van der Waals surface area contributed by atoms with Gasteiger partial charge in [-0.1, -0.05) is 36.4 Å². The number of rotatable bonds is 7. The van der Waals surface area contributed by atoms with Crippen LogP contribution in [0.5, 0.6) is 0 Å². The second-order valence-corrected chi connectivity index (χ2v) is 8.17. The highest BCUT2D eigenvalue weighted by atomic mass is 32.1. The second-order valence-electron chi connectivity index (χ2n) is 7.23. The van der Waals surface area contributed by atoms with E-state index in [0.29, 0.717) is 5.89 Å². The SMILES string of the molecule is O=C(CCn1nc(-c2cccs2)oc1=O)NC1CCN(Cc2ccccc2)CC1. The number of thiophene rings is 1. The number of amides is 1. The molecular weight excluding hydrogens is 388 g/mol. The summed E-state index contributed by atoms with van der Waals surface area (Å²) < 4.78 is 6.39. The summed E-state index contributed by atoms with van der Waals surface area (Å²) in [4.78, 5) is 27.4. The quantitative estimate of drug-likeness (QED) is 0.645. The Bertz CT molecular complexity index is 973. The van der Waals surface area contributed by atoms with Crippen LogP contribution in [0.2, 0.25) is 0 Å². The Balaban J connectivity index is 1.21. The number of nitrogens with zero attached hydrogens (tertiary/aromatic N) is 3. The largest absolute Gasteiger partial charge is 0.437 e. The Morgan fingerprint density at radius 2 is 1.97 bits per heavy atom. The van der Waals surface area contributed by atoms with Gasteiger partial charge in [-0.2, -0.15) is 4.68 Å². The highest BCUT2D eigenvalue weighted by Crippen LogP contribution is 2.21. The van der Waals surface area contributed by atoms with Gasteiger partial charge in [0.2, 0.25) is 5.91 Å². The van der Waals surface area contributed by atoms with E-state index in [4.69, 9.17) is 4.42 Å². The van der Waals surface area contributed by atoms with Crippen LogP contribution in [0.1, 0.15) is 24.8 Å². The molecule has 152 valence electrons. The average Bonchev–Trinajstić information content (AvgIpc) is 3.39. The monoisotopic (exact) mass is 412 g/mol. The summed E-state index contributed by atoms with van der Waals surface area (Å²) in [5.41, 5.74) is 1.31. The zero-order chi connectivity index (χ0) is 20.1. The molecule has 8 heteroatoms. The fourth-order valence-corrected chi connectivity index (χ4v) is 4.18. The Morgan fingerprint density at radius 1 is 1.17 bits per heavy atom. The molecule has 1 saturated heterocycles. The van der Waals surface area contributed by atoms with Crippen molar-refractivity contribution < 1.29 is 9.21 Å². The van der Waals surface area contributed by atoms with Crippen LogP contribution in [0, 0.1) is 0 Å². The first-order chi connectivity index (χ1) is 14.2. The first-order valence-corrected chi connectivity index (χ1v) is 10.7. The van der Waals surface area contributed by atoms with Crippen LogP contribution in [-0.4, -0.2) is 39.7 Å². The van der Waals surface area contributed by atoms with E-state index in [1.54, 1.807) is 0 Å². The molecule has 4 rings (SSSR count). The maximum atomic E-state index is 12.3. The minimum absolute atomic E-state index is 0.0564. The molecule has 3 aromatic rings. The number of aromatic nitrogens is 2. The number of aryl methyl sites for hydroxylation is 1. The van der Waals surface area contributed by atoms with Gasteiger partial charge in [0.05, 0.1) is 11.4 Å². The lowest BCUT2D eigenvalue weighted by molar-refractivity contribution is -0.122. The van der Waals surface area contributed by atoms with Crippen molar-refractivity contribution in [3.05, 3.63) is 64.0 Å². The van der Waals surface area contributed by atoms with Crippen LogP contribution >= 0.6 is 11.3 Å². The predicted octanol–water partition coefficient (Wildman–Crippen LogP) is 2.74. The first kappa shape index (κ1) is 19.6. The van der Waals surface area contributed by atoms with Gasteiger partial charge < -0.3 is 9.73 Å². The average molecular weight is 413 g/mol. The van der Waals surface area contributed by atoms with E-state index >= 15 is 0 Å². The number of likely N-dealkylation sites (tertiary alicyclic amines) is 1. The van der Waals surface area contributed by atoms with Gasteiger partial charge in [0.15, 0.2) is 0 Å². The molecule has 1 aliphatic rings. The lowest BCUT2D eigenvalue weighted by Gasteiger charge is -2.32. The van der Waals surface area contributed by atoms with Crippen molar-refractivity contribution in [2.75, 3.05) is 13.1 Å². The van der Waals surface area contributed by atoms with Gasteiger partial charge in [0.1, 0.15) is 0 Å². The predicted molar refractivity (Wildman–Crippen MR) is 112 cm³/mol. The van der Waals surface area contributed by atoms with Crippen LogP contribution in [0.15, 0.2) is 57.1 Å². The van der Waals surface area contributed by atoms with Gasteiger partial charge >= 0.3 is 5.76 Å². The number of carbonyl (C=O) groups excluding carboxylic acids is 1. The molecule has 29 heavy (non-hydrogen) atoms. The summed E-state index contributed by atoms with van der Waals surface area (Å²) >= 11 is 1.45. The molecule has 7 nitrogen and oxygen atoms in total. The van der Waals surface area contributed by atoms with Crippen molar-refractivity contribution in [3.8, 4) is 10.8 Å². The first-order valence-electron chi connectivity index (χ1n) is 9.85. The van der Waals surface area contributed by atoms with Gasteiger partial charge in [-0.25, -0.2) is 4.79 Å². The highest BCUT2D eigenvalue weighted by Gasteiger charge is 2.21. The standard InChI is InChI=1S/C21H24N4O3S/c26-19(10-13-25-21(27)28-20(23-25)18-7-4-14-29-18)22-17-8-11-24(12-9-17)15-16-5-2-1-3-6-16/h1-7,14,17H,8-13,15H2,(H,22,26). The van der Waals surface area contributed by atoms with Crippen molar-refractivity contribution >= 4 is 17.2 Å². The highest BCUT2D eigenvalue weighted by molar-refractivity contribution is 7.13. The van der Waals surface area contributed by atoms with E-state index in [1.165, 1.54) is 21.6 Å².